The van der Waals surface area contributed by atoms with Crippen LogP contribution in [0.3, 0.4) is 0 Å². The summed E-state index contributed by atoms with van der Waals surface area (Å²) in [6, 6.07) is 0. The summed E-state index contributed by atoms with van der Waals surface area (Å²) in [5.41, 5.74) is -0.182. The molecule has 0 unspecified atom stereocenters. The molecule has 0 spiro atoms. The van der Waals surface area contributed by atoms with Gasteiger partial charge in [-0.15, -0.1) is 0 Å². The highest BCUT2D eigenvalue weighted by atomic mass is 19.1. The van der Waals surface area contributed by atoms with Crippen LogP contribution in [0.5, 0.6) is 0 Å². The molecule has 1 aliphatic heterocycles. The molecule has 18 heavy (non-hydrogen) atoms. The fourth-order valence-electron chi connectivity index (χ4n) is 2.22. The van der Waals surface area contributed by atoms with Crippen LogP contribution in [0.15, 0.2) is 4.52 Å². The lowest BCUT2D eigenvalue weighted by Crippen LogP contribution is -2.45. The van der Waals surface area contributed by atoms with Gasteiger partial charge in [0.25, 0.3) is 5.91 Å². The average molecular weight is 255 g/mol. The molecule has 0 aliphatic carbocycles. The van der Waals surface area contributed by atoms with E-state index in [1.807, 2.05) is 6.92 Å². The van der Waals surface area contributed by atoms with Crippen molar-refractivity contribution in [2.75, 3.05) is 20.1 Å². The Bertz CT molecular complexity index is 433. The molecule has 0 aromatic carbocycles. The number of aromatic nitrogens is 1. The first-order chi connectivity index (χ1) is 8.44. The predicted octanol–water partition coefficient (Wildman–Crippen LogP) is 0.951. The summed E-state index contributed by atoms with van der Waals surface area (Å²) in [4.78, 5) is 13.5. The van der Waals surface area contributed by atoms with E-state index < -0.39 is 11.6 Å². The van der Waals surface area contributed by atoms with E-state index in [1.54, 1.807) is 14.0 Å². The Labute approximate surface area is 105 Å². The van der Waals surface area contributed by atoms with Gasteiger partial charge < -0.3 is 14.7 Å². The molecule has 1 aromatic heterocycles. The van der Waals surface area contributed by atoms with Crippen molar-refractivity contribution >= 4 is 5.91 Å². The molecule has 1 aliphatic rings. The number of carbonyl (C=O) groups is 1. The molecule has 0 radical (unpaired) electrons. The van der Waals surface area contributed by atoms with Gasteiger partial charge in [0.15, 0.2) is 0 Å². The number of hydrogen-bond acceptors (Lipinski definition) is 4. The summed E-state index contributed by atoms with van der Waals surface area (Å²) in [5.74, 6) is 0.192. The van der Waals surface area contributed by atoms with Gasteiger partial charge in [-0.2, -0.15) is 0 Å². The lowest BCUT2D eigenvalue weighted by molar-refractivity contribution is -0.142. The first-order valence-electron chi connectivity index (χ1n) is 6.01. The van der Waals surface area contributed by atoms with Crippen molar-refractivity contribution in [1.82, 2.24) is 15.4 Å². The van der Waals surface area contributed by atoms with Gasteiger partial charge in [0.2, 0.25) is 5.67 Å². The lowest BCUT2D eigenvalue weighted by atomic mass is 10.0. The van der Waals surface area contributed by atoms with Crippen LogP contribution in [0, 0.1) is 13.8 Å². The Balaban J connectivity index is 2.08. The highest BCUT2D eigenvalue weighted by Gasteiger charge is 2.43. The van der Waals surface area contributed by atoms with E-state index >= 15 is 0 Å². The zero-order chi connectivity index (χ0) is 13.3. The van der Waals surface area contributed by atoms with Crippen molar-refractivity contribution in [1.29, 1.82) is 0 Å². The summed E-state index contributed by atoms with van der Waals surface area (Å²) in [7, 11) is 1.61. The van der Waals surface area contributed by atoms with E-state index in [0.717, 1.165) is 11.3 Å². The van der Waals surface area contributed by atoms with E-state index in [0.29, 0.717) is 18.8 Å². The molecule has 1 fully saturated rings. The topological polar surface area (TPSA) is 58.4 Å². The quantitative estimate of drug-likeness (QED) is 0.873. The molecule has 100 valence electrons. The summed E-state index contributed by atoms with van der Waals surface area (Å²) >= 11 is 0. The van der Waals surface area contributed by atoms with Crippen LogP contribution in [0.25, 0.3) is 0 Å². The number of amides is 1. The van der Waals surface area contributed by atoms with Crippen LogP contribution in [0.1, 0.15) is 23.4 Å². The fraction of sp³-hybridized carbons (Fsp3) is 0.667. The summed E-state index contributed by atoms with van der Waals surface area (Å²) < 4.78 is 19.3. The molecule has 6 heteroatoms. The number of halogens is 1. The zero-order valence-corrected chi connectivity index (χ0v) is 10.9. The Hall–Kier alpha value is -1.43. The van der Waals surface area contributed by atoms with Crippen LogP contribution in [0.2, 0.25) is 0 Å². The third-order valence-electron chi connectivity index (χ3n) is 3.41. The average Bonchev–Trinajstić information content (AvgIpc) is 2.90. The van der Waals surface area contributed by atoms with Crippen molar-refractivity contribution in [2.45, 2.75) is 32.5 Å². The Morgan fingerprint density at radius 2 is 2.33 bits per heavy atom. The minimum Gasteiger partial charge on any atom is -0.361 e. The maximum atomic E-state index is 14.3. The van der Waals surface area contributed by atoms with Crippen LogP contribution >= 0.6 is 0 Å². The second kappa shape index (κ2) is 4.68. The Morgan fingerprint density at radius 1 is 1.61 bits per heavy atom. The second-order valence-corrected chi connectivity index (χ2v) is 4.86. The molecule has 2 rings (SSSR count). The number of hydrogen-bond donors (Lipinski definition) is 1. The summed E-state index contributed by atoms with van der Waals surface area (Å²) in [6.45, 7) is 4.56. The van der Waals surface area contributed by atoms with E-state index in [9.17, 15) is 9.18 Å². The minimum absolute atomic E-state index is 0.0950. The van der Waals surface area contributed by atoms with Crippen LogP contribution < -0.4 is 5.32 Å². The summed E-state index contributed by atoms with van der Waals surface area (Å²) in [6.07, 6.45) is 0.234. The zero-order valence-electron chi connectivity index (χ0n) is 10.9. The van der Waals surface area contributed by atoms with Crippen molar-refractivity contribution in [3.8, 4) is 0 Å². The van der Waals surface area contributed by atoms with Gasteiger partial charge >= 0.3 is 0 Å². The largest absolute Gasteiger partial charge is 0.361 e. The molecule has 0 saturated carbocycles. The maximum Gasteiger partial charge on any atom is 0.261 e. The highest BCUT2D eigenvalue weighted by Crippen LogP contribution is 2.24. The van der Waals surface area contributed by atoms with E-state index in [-0.39, 0.29) is 13.0 Å². The molecule has 1 saturated heterocycles. The van der Waals surface area contributed by atoms with Gasteiger partial charge in [-0.25, -0.2) is 4.39 Å². The lowest BCUT2D eigenvalue weighted by Gasteiger charge is -2.25. The number of alkyl halides is 1. The standard InChI is InChI=1S/C12H18FN3O2/c1-8-10(9(2)18-15-8)6-16(3)11(17)12(13)4-5-14-7-12/h14H,4-7H2,1-3H3/t12-/m0/s1. The van der Waals surface area contributed by atoms with Crippen LogP contribution in [-0.2, 0) is 11.3 Å². The maximum absolute atomic E-state index is 14.3. The Morgan fingerprint density at radius 3 is 2.83 bits per heavy atom. The molecular formula is C12H18FN3O2. The van der Waals surface area contributed by atoms with Crippen molar-refractivity contribution in [3.63, 3.8) is 0 Å². The van der Waals surface area contributed by atoms with Gasteiger partial charge in [0.1, 0.15) is 5.76 Å². The minimum atomic E-state index is -1.77. The third-order valence-corrected chi connectivity index (χ3v) is 3.41. The smallest absolute Gasteiger partial charge is 0.261 e. The first-order valence-corrected chi connectivity index (χ1v) is 6.01. The van der Waals surface area contributed by atoms with E-state index in [1.165, 1.54) is 4.90 Å². The molecule has 5 nitrogen and oxygen atoms in total. The number of nitrogens with one attached hydrogen (secondary N) is 1. The van der Waals surface area contributed by atoms with Crippen molar-refractivity contribution < 1.29 is 13.7 Å². The second-order valence-electron chi connectivity index (χ2n) is 4.86. The van der Waals surface area contributed by atoms with Crippen molar-refractivity contribution in [2.24, 2.45) is 0 Å². The number of rotatable bonds is 3. The fourth-order valence-corrected chi connectivity index (χ4v) is 2.22. The Kier molecular flexibility index (Phi) is 3.38. The normalized spacial score (nSPS) is 23.3. The highest BCUT2D eigenvalue weighted by molar-refractivity contribution is 5.85. The van der Waals surface area contributed by atoms with E-state index in [4.69, 9.17) is 4.52 Å². The molecule has 1 atom stereocenters. The number of carbonyl (C=O) groups excluding carboxylic acids is 1. The molecular weight excluding hydrogens is 237 g/mol. The van der Waals surface area contributed by atoms with Gasteiger partial charge in [-0.05, 0) is 20.4 Å². The van der Waals surface area contributed by atoms with Gasteiger partial charge in [0.05, 0.1) is 12.2 Å². The monoisotopic (exact) mass is 255 g/mol. The van der Waals surface area contributed by atoms with Crippen molar-refractivity contribution in [3.05, 3.63) is 17.0 Å². The summed E-state index contributed by atoms with van der Waals surface area (Å²) in [5, 5.41) is 6.70. The van der Waals surface area contributed by atoms with Gasteiger partial charge in [0, 0.05) is 25.6 Å². The molecule has 1 amide bonds. The van der Waals surface area contributed by atoms with Crippen LogP contribution in [0.4, 0.5) is 4.39 Å². The predicted molar refractivity (Wildman–Crippen MR) is 63.8 cm³/mol. The van der Waals surface area contributed by atoms with E-state index in [2.05, 4.69) is 10.5 Å². The molecule has 0 bridgehead atoms. The SMILES string of the molecule is Cc1noc(C)c1CN(C)C(=O)[C@]1(F)CCNC1. The third kappa shape index (κ3) is 2.25. The molecule has 2 heterocycles. The molecule has 1 N–H and O–H groups in total. The number of aryl methyl sites for hydroxylation is 2. The first kappa shape index (κ1) is 13.0. The number of nitrogens with zero attached hydrogens (tertiary/aromatic N) is 2. The molecule has 1 aromatic rings. The van der Waals surface area contributed by atoms with Gasteiger partial charge in [-0.1, -0.05) is 5.16 Å². The van der Waals surface area contributed by atoms with Crippen LogP contribution in [-0.4, -0.2) is 41.8 Å². The van der Waals surface area contributed by atoms with Gasteiger partial charge in [-0.3, -0.25) is 4.79 Å².